The fourth-order valence-electron chi connectivity index (χ4n) is 2.06. The predicted molar refractivity (Wildman–Crippen MR) is 69.3 cm³/mol. The van der Waals surface area contributed by atoms with E-state index in [0.717, 1.165) is 45.1 Å². The quantitative estimate of drug-likeness (QED) is 0.665. The molecule has 0 aromatic rings. The van der Waals surface area contributed by atoms with Crippen LogP contribution in [0.3, 0.4) is 0 Å². The summed E-state index contributed by atoms with van der Waals surface area (Å²) in [5, 5.41) is 0. The van der Waals surface area contributed by atoms with Gasteiger partial charge >= 0.3 is 0 Å². The zero-order valence-electron chi connectivity index (χ0n) is 10.8. The number of nitrogens with zero attached hydrogens (tertiary/aromatic N) is 2. The van der Waals surface area contributed by atoms with Crippen molar-refractivity contribution < 1.29 is 4.74 Å². The number of ether oxygens (including phenoxy) is 1. The van der Waals surface area contributed by atoms with Gasteiger partial charge in [-0.2, -0.15) is 0 Å². The number of hydrogen-bond acceptors (Lipinski definition) is 3. The monoisotopic (exact) mass is 248 g/mol. The molecule has 1 rings (SSSR count). The molecule has 1 atom stereocenters. The van der Waals surface area contributed by atoms with Gasteiger partial charge in [-0.05, 0) is 33.9 Å². The Balaban J connectivity index is 2.34. The lowest BCUT2D eigenvalue weighted by molar-refractivity contribution is -0.0395. The average molecular weight is 249 g/mol. The van der Waals surface area contributed by atoms with Crippen molar-refractivity contribution in [2.75, 3.05) is 45.7 Å². The first kappa shape index (κ1) is 14.2. The zero-order chi connectivity index (χ0) is 12.0. The third-order valence-corrected chi connectivity index (χ3v) is 3.36. The van der Waals surface area contributed by atoms with Crippen LogP contribution in [0.2, 0.25) is 0 Å². The molecule has 0 N–H and O–H groups in total. The Bertz CT molecular complexity index is 190. The van der Waals surface area contributed by atoms with Crippen molar-refractivity contribution in [3.05, 3.63) is 0 Å². The molecule has 1 aliphatic heterocycles. The second kappa shape index (κ2) is 7.49. The van der Waals surface area contributed by atoms with Crippen LogP contribution in [0.4, 0.5) is 0 Å². The number of likely N-dealkylation sites (N-methyl/N-ethyl adjacent to an activating group) is 1. The van der Waals surface area contributed by atoms with Crippen molar-refractivity contribution in [2.45, 2.75) is 32.4 Å². The molecule has 1 heterocycles. The fraction of sp³-hybridized carbons (Fsp3) is 1.00. The highest BCUT2D eigenvalue weighted by molar-refractivity contribution is 6.17. The van der Waals surface area contributed by atoms with E-state index < -0.39 is 0 Å². The summed E-state index contributed by atoms with van der Waals surface area (Å²) in [6.45, 7) is 9.54. The highest BCUT2D eigenvalue weighted by atomic mass is 35.5. The Morgan fingerprint density at radius 2 is 2.25 bits per heavy atom. The number of morpholine rings is 1. The van der Waals surface area contributed by atoms with Crippen molar-refractivity contribution in [3.63, 3.8) is 0 Å². The lowest BCUT2D eigenvalue weighted by atomic mass is 10.2. The van der Waals surface area contributed by atoms with Crippen LogP contribution in [0.25, 0.3) is 0 Å². The molecule has 1 unspecified atom stereocenters. The number of hydrogen-bond donors (Lipinski definition) is 0. The number of rotatable bonds is 6. The van der Waals surface area contributed by atoms with Gasteiger partial charge in [0.15, 0.2) is 0 Å². The predicted octanol–water partition coefficient (Wildman–Crippen LogP) is 1.66. The van der Waals surface area contributed by atoms with Crippen LogP contribution in [-0.2, 0) is 4.74 Å². The maximum atomic E-state index is 5.79. The molecule has 1 saturated heterocycles. The Morgan fingerprint density at radius 3 is 2.81 bits per heavy atom. The van der Waals surface area contributed by atoms with Crippen LogP contribution in [0, 0.1) is 0 Å². The van der Waals surface area contributed by atoms with Crippen LogP contribution in [0.15, 0.2) is 0 Å². The lowest BCUT2D eigenvalue weighted by Gasteiger charge is -2.35. The molecule has 0 bridgehead atoms. The van der Waals surface area contributed by atoms with Gasteiger partial charge < -0.3 is 9.64 Å². The first-order valence-corrected chi connectivity index (χ1v) is 6.77. The van der Waals surface area contributed by atoms with E-state index in [-0.39, 0.29) is 0 Å². The minimum Gasteiger partial charge on any atom is -0.374 e. The molecule has 1 aliphatic rings. The summed E-state index contributed by atoms with van der Waals surface area (Å²) in [5.41, 5.74) is 0. The summed E-state index contributed by atoms with van der Waals surface area (Å²) in [4.78, 5) is 4.81. The standard InChI is InChI=1S/C12H25ClN2O/c1-11(2)15(6-4-5-13)10-12-9-14(3)7-8-16-12/h11-12H,4-10H2,1-3H3. The highest BCUT2D eigenvalue weighted by Crippen LogP contribution is 2.08. The molecule has 16 heavy (non-hydrogen) atoms. The van der Waals surface area contributed by atoms with E-state index in [2.05, 4.69) is 30.7 Å². The normalized spacial score (nSPS) is 23.2. The van der Waals surface area contributed by atoms with Gasteiger partial charge in [-0.1, -0.05) is 0 Å². The average Bonchev–Trinajstić information content (AvgIpc) is 2.24. The van der Waals surface area contributed by atoms with Crippen LogP contribution < -0.4 is 0 Å². The van der Waals surface area contributed by atoms with Gasteiger partial charge in [0.2, 0.25) is 0 Å². The second-order valence-electron chi connectivity index (χ2n) is 4.89. The second-order valence-corrected chi connectivity index (χ2v) is 5.26. The van der Waals surface area contributed by atoms with E-state index in [9.17, 15) is 0 Å². The van der Waals surface area contributed by atoms with E-state index in [4.69, 9.17) is 16.3 Å². The first-order chi connectivity index (χ1) is 7.63. The van der Waals surface area contributed by atoms with E-state index in [1.807, 2.05) is 0 Å². The Hall–Kier alpha value is 0.170. The Morgan fingerprint density at radius 1 is 1.50 bits per heavy atom. The maximum absolute atomic E-state index is 5.79. The van der Waals surface area contributed by atoms with Gasteiger partial charge in [0.05, 0.1) is 12.7 Å². The molecule has 0 aromatic carbocycles. The Labute approximate surface area is 105 Å². The molecule has 4 heteroatoms. The number of alkyl halides is 1. The molecule has 0 aromatic heterocycles. The van der Waals surface area contributed by atoms with Crippen LogP contribution in [0.5, 0.6) is 0 Å². The molecular formula is C12H25ClN2O. The molecule has 0 amide bonds. The van der Waals surface area contributed by atoms with Gasteiger partial charge in [-0.3, -0.25) is 4.90 Å². The minimum absolute atomic E-state index is 0.358. The minimum atomic E-state index is 0.358. The summed E-state index contributed by atoms with van der Waals surface area (Å²) in [6.07, 6.45) is 1.42. The van der Waals surface area contributed by atoms with Crippen molar-refractivity contribution in [1.29, 1.82) is 0 Å². The highest BCUT2D eigenvalue weighted by Gasteiger charge is 2.21. The van der Waals surface area contributed by atoms with Crippen molar-refractivity contribution in [1.82, 2.24) is 9.80 Å². The molecule has 3 nitrogen and oxygen atoms in total. The SMILES string of the molecule is CC(C)N(CCCCl)CC1CN(C)CCO1. The van der Waals surface area contributed by atoms with E-state index in [0.29, 0.717) is 12.1 Å². The molecule has 0 radical (unpaired) electrons. The summed E-state index contributed by atoms with van der Waals surface area (Å²) < 4.78 is 5.79. The fourth-order valence-corrected chi connectivity index (χ4v) is 2.18. The number of halogens is 1. The van der Waals surface area contributed by atoms with Crippen LogP contribution in [0.1, 0.15) is 20.3 Å². The van der Waals surface area contributed by atoms with Gasteiger partial charge in [0.1, 0.15) is 0 Å². The smallest absolute Gasteiger partial charge is 0.0829 e. The van der Waals surface area contributed by atoms with Gasteiger partial charge in [-0.15, -0.1) is 11.6 Å². The van der Waals surface area contributed by atoms with Gasteiger partial charge in [0.25, 0.3) is 0 Å². The first-order valence-electron chi connectivity index (χ1n) is 6.23. The third kappa shape index (κ3) is 5.00. The van der Waals surface area contributed by atoms with Gasteiger partial charge in [0, 0.05) is 31.6 Å². The Kier molecular flexibility index (Phi) is 6.66. The molecule has 0 saturated carbocycles. The third-order valence-electron chi connectivity index (χ3n) is 3.09. The summed E-state index contributed by atoms with van der Waals surface area (Å²) in [5.74, 6) is 0.745. The molecule has 96 valence electrons. The molecule has 1 fully saturated rings. The summed E-state index contributed by atoms with van der Waals surface area (Å²) >= 11 is 5.75. The van der Waals surface area contributed by atoms with Crippen LogP contribution in [-0.4, -0.2) is 67.7 Å². The zero-order valence-corrected chi connectivity index (χ0v) is 11.5. The topological polar surface area (TPSA) is 15.7 Å². The summed E-state index contributed by atoms with van der Waals surface area (Å²) in [7, 11) is 2.16. The summed E-state index contributed by atoms with van der Waals surface area (Å²) in [6, 6.07) is 0.569. The largest absolute Gasteiger partial charge is 0.374 e. The maximum Gasteiger partial charge on any atom is 0.0829 e. The van der Waals surface area contributed by atoms with E-state index in [1.54, 1.807) is 0 Å². The lowest BCUT2D eigenvalue weighted by Crippen LogP contribution is -2.47. The van der Waals surface area contributed by atoms with E-state index >= 15 is 0 Å². The van der Waals surface area contributed by atoms with Crippen molar-refractivity contribution in [2.24, 2.45) is 0 Å². The van der Waals surface area contributed by atoms with E-state index in [1.165, 1.54) is 0 Å². The molecule has 0 aliphatic carbocycles. The van der Waals surface area contributed by atoms with Crippen molar-refractivity contribution >= 4 is 11.6 Å². The van der Waals surface area contributed by atoms with Crippen molar-refractivity contribution in [3.8, 4) is 0 Å². The molecular weight excluding hydrogens is 224 g/mol. The molecule has 0 spiro atoms. The van der Waals surface area contributed by atoms with Crippen LogP contribution >= 0.6 is 11.6 Å². The van der Waals surface area contributed by atoms with Gasteiger partial charge in [-0.25, -0.2) is 0 Å².